The lowest BCUT2D eigenvalue weighted by Crippen LogP contribution is -2.44. The molecule has 1 aliphatic rings. The maximum atomic E-state index is 5.89. The van der Waals surface area contributed by atoms with Gasteiger partial charge in [-0.2, -0.15) is 0 Å². The van der Waals surface area contributed by atoms with Gasteiger partial charge in [0.25, 0.3) is 0 Å². The van der Waals surface area contributed by atoms with Crippen LogP contribution >= 0.6 is 0 Å². The summed E-state index contributed by atoms with van der Waals surface area (Å²) in [5.74, 6) is 1.39. The van der Waals surface area contributed by atoms with Crippen LogP contribution in [0.3, 0.4) is 0 Å². The van der Waals surface area contributed by atoms with Crippen LogP contribution in [0.25, 0.3) is 0 Å². The van der Waals surface area contributed by atoms with Gasteiger partial charge in [0, 0.05) is 18.6 Å². The highest BCUT2D eigenvalue weighted by atomic mass is 15.2. The number of likely N-dealkylation sites (tertiary alicyclic amines) is 1. The van der Waals surface area contributed by atoms with Crippen molar-refractivity contribution < 1.29 is 0 Å². The molecule has 0 radical (unpaired) electrons. The maximum Gasteiger partial charge on any atom is 0.0322 e. The van der Waals surface area contributed by atoms with Gasteiger partial charge in [-0.25, -0.2) is 0 Å². The minimum absolute atomic E-state index is 0.488. The van der Waals surface area contributed by atoms with E-state index in [0.717, 1.165) is 19.0 Å². The molecule has 0 aromatic heterocycles. The Morgan fingerprint density at radius 2 is 1.81 bits per heavy atom. The Bertz CT molecular complexity index is 424. The van der Waals surface area contributed by atoms with Crippen LogP contribution in [0.2, 0.25) is 0 Å². The van der Waals surface area contributed by atoms with Crippen LogP contribution in [-0.4, -0.2) is 24.0 Å². The van der Waals surface area contributed by atoms with Crippen LogP contribution in [0.15, 0.2) is 24.3 Å². The van der Waals surface area contributed by atoms with E-state index in [1.807, 2.05) is 0 Å². The Morgan fingerprint density at radius 3 is 2.38 bits per heavy atom. The zero-order valence-electron chi connectivity index (χ0n) is 14.2. The molecule has 1 fully saturated rings. The van der Waals surface area contributed by atoms with Gasteiger partial charge in [0.05, 0.1) is 0 Å². The summed E-state index contributed by atoms with van der Waals surface area (Å²) in [6.45, 7) is 11.2. The molecule has 2 nitrogen and oxygen atoms in total. The van der Waals surface area contributed by atoms with Crippen molar-refractivity contribution >= 4 is 0 Å². The van der Waals surface area contributed by atoms with E-state index >= 15 is 0 Å². The third-order valence-corrected chi connectivity index (χ3v) is 4.96. The zero-order valence-corrected chi connectivity index (χ0v) is 14.2. The van der Waals surface area contributed by atoms with E-state index in [4.69, 9.17) is 5.73 Å². The Hall–Kier alpha value is -0.860. The molecule has 1 aliphatic heterocycles. The third-order valence-electron chi connectivity index (χ3n) is 4.96. The molecule has 21 heavy (non-hydrogen) atoms. The molecule has 0 spiro atoms. The van der Waals surface area contributed by atoms with Crippen molar-refractivity contribution in [2.75, 3.05) is 13.1 Å². The predicted molar refractivity (Wildman–Crippen MR) is 91.3 cm³/mol. The number of benzene rings is 1. The smallest absolute Gasteiger partial charge is 0.0322 e. The molecule has 1 aromatic rings. The second kappa shape index (κ2) is 7.42. The van der Waals surface area contributed by atoms with Crippen molar-refractivity contribution in [1.82, 2.24) is 4.90 Å². The molecular formula is C19H32N2. The average Bonchev–Trinajstić information content (AvgIpc) is 2.47. The molecule has 0 saturated carbocycles. The van der Waals surface area contributed by atoms with Crippen molar-refractivity contribution in [2.45, 2.75) is 59.0 Å². The van der Waals surface area contributed by atoms with Crippen LogP contribution in [0.1, 0.15) is 57.7 Å². The predicted octanol–water partition coefficient (Wildman–Crippen LogP) is 4.01. The minimum Gasteiger partial charge on any atom is -0.330 e. The molecule has 1 aromatic carbocycles. The number of piperidine rings is 1. The standard InChI is InChI=1S/C19H32N2/c1-14(2)11-17-7-9-19(10-8-17)16(4)21-13-18(12-20)6-5-15(21)3/h7-10,14-16,18H,5-6,11-13,20H2,1-4H3. The zero-order chi connectivity index (χ0) is 15.4. The van der Waals surface area contributed by atoms with Gasteiger partial charge in [-0.1, -0.05) is 38.1 Å². The molecule has 0 aliphatic carbocycles. The Morgan fingerprint density at radius 1 is 1.14 bits per heavy atom. The summed E-state index contributed by atoms with van der Waals surface area (Å²) in [6, 6.07) is 10.4. The SMILES string of the molecule is CC(C)Cc1ccc(C(C)N2CC(CN)CCC2C)cc1. The van der Waals surface area contributed by atoms with E-state index in [9.17, 15) is 0 Å². The lowest BCUT2D eigenvalue weighted by molar-refractivity contribution is 0.0812. The summed E-state index contributed by atoms with van der Waals surface area (Å²) in [5, 5.41) is 0. The first-order valence-electron chi connectivity index (χ1n) is 8.56. The van der Waals surface area contributed by atoms with Gasteiger partial charge in [0.15, 0.2) is 0 Å². The van der Waals surface area contributed by atoms with Crippen LogP contribution in [0, 0.1) is 11.8 Å². The highest BCUT2D eigenvalue weighted by molar-refractivity contribution is 5.25. The number of nitrogens with zero attached hydrogens (tertiary/aromatic N) is 1. The molecule has 2 N–H and O–H groups in total. The molecule has 1 saturated heterocycles. The fourth-order valence-corrected chi connectivity index (χ4v) is 3.54. The topological polar surface area (TPSA) is 29.3 Å². The van der Waals surface area contributed by atoms with Gasteiger partial charge in [0.2, 0.25) is 0 Å². The second-order valence-corrected chi connectivity index (χ2v) is 7.24. The summed E-state index contributed by atoms with van der Waals surface area (Å²) in [4.78, 5) is 2.64. The number of hydrogen-bond donors (Lipinski definition) is 1. The Balaban J connectivity index is 2.05. The van der Waals surface area contributed by atoms with E-state index in [1.165, 1.54) is 30.4 Å². The first kappa shape index (κ1) is 16.5. The Labute approximate surface area is 130 Å². The molecule has 118 valence electrons. The van der Waals surface area contributed by atoms with Crippen LogP contribution in [0.5, 0.6) is 0 Å². The number of rotatable bonds is 5. The molecule has 2 rings (SSSR count). The second-order valence-electron chi connectivity index (χ2n) is 7.24. The van der Waals surface area contributed by atoms with Crippen molar-refractivity contribution in [3.8, 4) is 0 Å². The van der Waals surface area contributed by atoms with E-state index < -0.39 is 0 Å². The van der Waals surface area contributed by atoms with Crippen LogP contribution in [0.4, 0.5) is 0 Å². The average molecular weight is 288 g/mol. The van der Waals surface area contributed by atoms with Crippen molar-refractivity contribution in [1.29, 1.82) is 0 Å². The summed E-state index contributed by atoms with van der Waals surface area (Å²) in [5.41, 5.74) is 8.78. The van der Waals surface area contributed by atoms with Crippen molar-refractivity contribution in [3.05, 3.63) is 35.4 Å². The summed E-state index contributed by atoms with van der Waals surface area (Å²) in [7, 11) is 0. The van der Waals surface area contributed by atoms with Crippen LogP contribution in [-0.2, 0) is 6.42 Å². The quantitative estimate of drug-likeness (QED) is 0.887. The number of hydrogen-bond acceptors (Lipinski definition) is 2. The molecule has 3 unspecified atom stereocenters. The largest absolute Gasteiger partial charge is 0.330 e. The fraction of sp³-hybridized carbons (Fsp3) is 0.684. The lowest BCUT2D eigenvalue weighted by Gasteiger charge is -2.41. The van der Waals surface area contributed by atoms with E-state index in [-0.39, 0.29) is 0 Å². The summed E-state index contributed by atoms with van der Waals surface area (Å²) < 4.78 is 0. The van der Waals surface area contributed by atoms with Crippen molar-refractivity contribution in [2.24, 2.45) is 17.6 Å². The van der Waals surface area contributed by atoms with E-state index in [1.54, 1.807) is 0 Å². The minimum atomic E-state index is 0.488. The van der Waals surface area contributed by atoms with Gasteiger partial charge in [-0.15, -0.1) is 0 Å². The van der Waals surface area contributed by atoms with E-state index in [2.05, 4.69) is 56.9 Å². The number of nitrogens with two attached hydrogens (primary N) is 1. The van der Waals surface area contributed by atoms with Crippen molar-refractivity contribution in [3.63, 3.8) is 0 Å². The highest BCUT2D eigenvalue weighted by Gasteiger charge is 2.28. The molecule has 1 heterocycles. The lowest BCUT2D eigenvalue weighted by atomic mass is 9.90. The van der Waals surface area contributed by atoms with Gasteiger partial charge < -0.3 is 5.73 Å². The first-order valence-corrected chi connectivity index (χ1v) is 8.56. The monoisotopic (exact) mass is 288 g/mol. The van der Waals surface area contributed by atoms with Crippen LogP contribution < -0.4 is 5.73 Å². The molecule has 0 bridgehead atoms. The van der Waals surface area contributed by atoms with E-state index in [0.29, 0.717) is 18.0 Å². The summed E-state index contributed by atoms with van der Waals surface area (Å²) in [6.07, 6.45) is 3.73. The van der Waals surface area contributed by atoms with Gasteiger partial charge in [-0.05, 0) is 62.6 Å². The molecular weight excluding hydrogens is 256 g/mol. The molecule has 3 atom stereocenters. The fourth-order valence-electron chi connectivity index (χ4n) is 3.54. The Kier molecular flexibility index (Phi) is 5.83. The van der Waals surface area contributed by atoms with Gasteiger partial charge >= 0.3 is 0 Å². The summed E-state index contributed by atoms with van der Waals surface area (Å²) >= 11 is 0. The van der Waals surface area contributed by atoms with Gasteiger partial charge in [-0.3, -0.25) is 4.90 Å². The normalized spacial score (nSPS) is 25.2. The first-order chi connectivity index (χ1) is 10.0. The maximum absolute atomic E-state index is 5.89. The molecule has 2 heteroatoms. The molecule has 0 amide bonds. The third kappa shape index (κ3) is 4.31. The highest BCUT2D eigenvalue weighted by Crippen LogP contribution is 2.30. The van der Waals surface area contributed by atoms with Gasteiger partial charge in [0.1, 0.15) is 0 Å².